The van der Waals surface area contributed by atoms with Crippen molar-refractivity contribution in [2.45, 2.75) is 44.7 Å². The highest BCUT2D eigenvalue weighted by atomic mass is 16.2. The third kappa shape index (κ3) is 4.21. The molecule has 152 valence electrons. The second kappa shape index (κ2) is 8.59. The number of fused-ring (bicyclic) bond motifs is 1. The van der Waals surface area contributed by atoms with Gasteiger partial charge in [0.05, 0.1) is 17.8 Å². The Hall–Kier alpha value is -1.96. The zero-order valence-electron chi connectivity index (χ0n) is 16.8. The van der Waals surface area contributed by atoms with Crippen LogP contribution in [0.2, 0.25) is 0 Å². The second-order valence-corrected chi connectivity index (χ2v) is 8.25. The van der Waals surface area contributed by atoms with Crippen molar-refractivity contribution in [3.63, 3.8) is 0 Å². The summed E-state index contributed by atoms with van der Waals surface area (Å²) in [6.45, 7) is 7.92. The SMILES string of the molecule is Cc1cc(CC(N)C(=O)N2CCCN(C3CCNCC3)CC2)cc2cn[nH]c12. The monoisotopic (exact) mass is 384 g/mol. The number of benzene rings is 1. The van der Waals surface area contributed by atoms with Gasteiger partial charge in [0.1, 0.15) is 0 Å². The van der Waals surface area contributed by atoms with E-state index >= 15 is 0 Å². The number of aryl methyl sites for hydroxylation is 1. The van der Waals surface area contributed by atoms with Crippen LogP contribution < -0.4 is 11.1 Å². The number of carbonyl (C=O) groups excluding carboxylic acids is 1. The highest BCUT2D eigenvalue weighted by Gasteiger charge is 2.27. The van der Waals surface area contributed by atoms with Crippen LogP contribution >= 0.6 is 0 Å². The predicted octanol–water partition coefficient (Wildman–Crippen LogP) is 1.03. The molecule has 0 bridgehead atoms. The van der Waals surface area contributed by atoms with Gasteiger partial charge in [0.15, 0.2) is 0 Å². The van der Waals surface area contributed by atoms with Crippen LogP contribution in [0.1, 0.15) is 30.4 Å². The van der Waals surface area contributed by atoms with Gasteiger partial charge in [-0.2, -0.15) is 5.10 Å². The maximum absolute atomic E-state index is 13.0. The Bertz CT molecular complexity index is 812. The van der Waals surface area contributed by atoms with E-state index in [0.29, 0.717) is 12.5 Å². The molecule has 2 fully saturated rings. The molecule has 7 heteroatoms. The van der Waals surface area contributed by atoms with Crippen molar-refractivity contribution in [2.75, 3.05) is 39.3 Å². The van der Waals surface area contributed by atoms with E-state index < -0.39 is 6.04 Å². The van der Waals surface area contributed by atoms with Crippen LogP contribution in [0.5, 0.6) is 0 Å². The molecule has 2 saturated heterocycles. The number of nitrogens with zero attached hydrogens (tertiary/aromatic N) is 3. The molecule has 2 aliphatic rings. The minimum atomic E-state index is -0.491. The standard InChI is InChI=1S/C21H32N6O/c1-15-11-16(12-17-14-24-25-20(15)17)13-19(22)21(28)27-8-2-7-26(9-10-27)18-3-5-23-6-4-18/h11-12,14,18-19,23H,2-10,13,22H2,1H3,(H,24,25). The topological polar surface area (TPSA) is 90.3 Å². The maximum atomic E-state index is 13.0. The largest absolute Gasteiger partial charge is 0.340 e. The van der Waals surface area contributed by atoms with Crippen LogP contribution in [-0.2, 0) is 11.2 Å². The minimum Gasteiger partial charge on any atom is -0.340 e. The predicted molar refractivity (Wildman–Crippen MR) is 111 cm³/mol. The molecule has 0 radical (unpaired) electrons. The molecule has 2 aliphatic heterocycles. The van der Waals surface area contributed by atoms with Crippen molar-refractivity contribution >= 4 is 16.8 Å². The Kier molecular flexibility index (Phi) is 5.94. The number of aromatic amines is 1. The van der Waals surface area contributed by atoms with Crippen LogP contribution in [-0.4, -0.2) is 77.3 Å². The summed E-state index contributed by atoms with van der Waals surface area (Å²) in [6, 6.07) is 4.36. The van der Waals surface area contributed by atoms with Gasteiger partial charge in [-0.15, -0.1) is 0 Å². The Morgan fingerprint density at radius 3 is 2.89 bits per heavy atom. The molecule has 28 heavy (non-hydrogen) atoms. The second-order valence-electron chi connectivity index (χ2n) is 8.25. The van der Waals surface area contributed by atoms with Crippen LogP contribution in [0.4, 0.5) is 0 Å². The van der Waals surface area contributed by atoms with E-state index in [-0.39, 0.29) is 5.91 Å². The normalized spacial score (nSPS) is 21.0. The van der Waals surface area contributed by atoms with E-state index in [1.807, 2.05) is 11.1 Å². The highest BCUT2D eigenvalue weighted by molar-refractivity contribution is 5.84. The first kappa shape index (κ1) is 19.4. The van der Waals surface area contributed by atoms with Gasteiger partial charge in [-0.1, -0.05) is 6.07 Å². The van der Waals surface area contributed by atoms with Gasteiger partial charge in [0, 0.05) is 37.6 Å². The summed E-state index contributed by atoms with van der Waals surface area (Å²) in [5.74, 6) is 0.0807. The summed E-state index contributed by atoms with van der Waals surface area (Å²) in [5.41, 5.74) is 9.62. The lowest BCUT2D eigenvalue weighted by Crippen LogP contribution is -2.47. The Labute approximate surface area is 166 Å². The first-order chi connectivity index (χ1) is 13.6. The van der Waals surface area contributed by atoms with Crippen molar-refractivity contribution in [3.8, 4) is 0 Å². The maximum Gasteiger partial charge on any atom is 0.239 e. The van der Waals surface area contributed by atoms with Gasteiger partial charge in [0.2, 0.25) is 5.91 Å². The Morgan fingerprint density at radius 1 is 1.25 bits per heavy atom. The lowest BCUT2D eigenvalue weighted by molar-refractivity contribution is -0.132. The number of aromatic nitrogens is 2. The summed E-state index contributed by atoms with van der Waals surface area (Å²) >= 11 is 0. The van der Waals surface area contributed by atoms with Crippen LogP contribution in [0.15, 0.2) is 18.3 Å². The number of hydrogen-bond donors (Lipinski definition) is 3. The number of H-pyrrole nitrogens is 1. The summed E-state index contributed by atoms with van der Waals surface area (Å²) < 4.78 is 0. The van der Waals surface area contributed by atoms with Crippen molar-refractivity contribution < 1.29 is 4.79 Å². The molecule has 1 atom stereocenters. The molecule has 1 aromatic carbocycles. The molecular formula is C21H32N6O. The molecular weight excluding hydrogens is 352 g/mol. The summed E-state index contributed by atoms with van der Waals surface area (Å²) in [7, 11) is 0. The zero-order chi connectivity index (χ0) is 19.5. The first-order valence-electron chi connectivity index (χ1n) is 10.5. The molecule has 0 aliphatic carbocycles. The molecule has 0 spiro atoms. The van der Waals surface area contributed by atoms with E-state index in [2.05, 4.69) is 39.5 Å². The number of hydrogen-bond acceptors (Lipinski definition) is 5. The van der Waals surface area contributed by atoms with E-state index in [0.717, 1.165) is 67.7 Å². The summed E-state index contributed by atoms with van der Waals surface area (Å²) in [6.07, 6.45) is 5.84. The van der Waals surface area contributed by atoms with Crippen molar-refractivity contribution in [1.82, 2.24) is 25.3 Å². The van der Waals surface area contributed by atoms with Crippen LogP contribution in [0.25, 0.3) is 10.9 Å². The fourth-order valence-corrected chi connectivity index (χ4v) is 4.70. The zero-order valence-corrected chi connectivity index (χ0v) is 16.8. The lowest BCUT2D eigenvalue weighted by Gasteiger charge is -2.33. The van der Waals surface area contributed by atoms with Crippen molar-refractivity contribution in [3.05, 3.63) is 29.5 Å². The van der Waals surface area contributed by atoms with Gasteiger partial charge < -0.3 is 16.0 Å². The third-order valence-electron chi connectivity index (χ3n) is 6.25. The third-order valence-corrected chi connectivity index (χ3v) is 6.25. The van der Waals surface area contributed by atoms with E-state index in [1.165, 1.54) is 12.8 Å². The quantitative estimate of drug-likeness (QED) is 0.732. The number of carbonyl (C=O) groups is 1. The van der Waals surface area contributed by atoms with Gasteiger partial charge in [-0.05, 0) is 62.9 Å². The van der Waals surface area contributed by atoms with E-state index in [9.17, 15) is 4.79 Å². The van der Waals surface area contributed by atoms with Crippen LogP contribution in [0, 0.1) is 6.92 Å². The summed E-state index contributed by atoms with van der Waals surface area (Å²) in [4.78, 5) is 17.6. The molecule has 2 aromatic rings. The van der Waals surface area contributed by atoms with Gasteiger partial charge in [0.25, 0.3) is 0 Å². The number of amides is 1. The van der Waals surface area contributed by atoms with Gasteiger partial charge in [-0.3, -0.25) is 14.8 Å². The highest BCUT2D eigenvalue weighted by Crippen LogP contribution is 2.20. The van der Waals surface area contributed by atoms with Crippen molar-refractivity contribution in [1.29, 1.82) is 0 Å². The molecule has 1 amide bonds. The Balaban J connectivity index is 1.36. The van der Waals surface area contributed by atoms with Crippen molar-refractivity contribution in [2.24, 2.45) is 5.73 Å². The fourth-order valence-electron chi connectivity index (χ4n) is 4.70. The molecule has 0 saturated carbocycles. The average Bonchev–Trinajstić information content (AvgIpc) is 3.04. The molecule has 3 heterocycles. The molecule has 1 unspecified atom stereocenters. The van der Waals surface area contributed by atoms with E-state index in [1.54, 1.807) is 0 Å². The summed E-state index contributed by atoms with van der Waals surface area (Å²) in [5, 5.41) is 11.6. The fraction of sp³-hybridized carbons (Fsp3) is 0.619. The minimum absolute atomic E-state index is 0.0807. The Morgan fingerprint density at radius 2 is 2.07 bits per heavy atom. The number of piperidine rings is 1. The molecule has 1 aromatic heterocycles. The van der Waals surface area contributed by atoms with E-state index in [4.69, 9.17) is 5.73 Å². The lowest BCUT2D eigenvalue weighted by atomic mass is 10.0. The number of nitrogens with one attached hydrogen (secondary N) is 2. The molecule has 4 N–H and O–H groups in total. The van der Waals surface area contributed by atoms with Gasteiger partial charge >= 0.3 is 0 Å². The molecule has 7 nitrogen and oxygen atoms in total. The van der Waals surface area contributed by atoms with Gasteiger partial charge in [-0.25, -0.2) is 0 Å². The number of nitrogens with two attached hydrogens (primary N) is 1. The first-order valence-corrected chi connectivity index (χ1v) is 10.5. The van der Waals surface area contributed by atoms with Crippen LogP contribution in [0.3, 0.4) is 0 Å². The average molecular weight is 385 g/mol. The smallest absolute Gasteiger partial charge is 0.239 e. The number of rotatable bonds is 4. The molecule has 4 rings (SSSR count).